The van der Waals surface area contributed by atoms with Crippen molar-refractivity contribution in [2.75, 3.05) is 27.3 Å². The van der Waals surface area contributed by atoms with Crippen LogP contribution in [0.4, 0.5) is 0 Å². The molecule has 1 saturated heterocycles. The number of para-hydroxylation sites is 1. The molecule has 1 fully saturated rings. The molecular formula is C19H25N3O4. The van der Waals surface area contributed by atoms with E-state index in [4.69, 9.17) is 9.47 Å². The Morgan fingerprint density at radius 3 is 2.62 bits per heavy atom. The Balaban J connectivity index is 1.75. The highest BCUT2D eigenvalue weighted by atomic mass is 16.5. The van der Waals surface area contributed by atoms with Crippen LogP contribution in [-0.4, -0.2) is 53.1 Å². The van der Waals surface area contributed by atoms with E-state index >= 15 is 0 Å². The largest absolute Gasteiger partial charge is 0.493 e. The molecule has 0 saturated carbocycles. The van der Waals surface area contributed by atoms with E-state index in [0.717, 1.165) is 32.5 Å². The molecule has 1 unspecified atom stereocenters. The van der Waals surface area contributed by atoms with E-state index in [-0.39, 0.29) is 0 Å². The molecule has 2 aromatic rings. The number of nitrogens with zero attached hydrogens (tertiary/aromatic N) is 3. The van der Waals surface area contributed by atoms with Crippen molar-refractivity contribution in [3.8, 4) is 11.5 Å². The first-order chi connectivity index (χ1) is 12.6. The first-order valence-electron chi connectivity index (χ1n) is 8.79. The van der Waals surface area contributed by atoms with Crippen LogP contribution in [0, 0.1) is 5.92 Å². The number of aliphatic carboxylic acids is 1. The van der Waals surface area contributed by atoms with Gasteiger partial charge in [0.05, 0.1) is 14.2 Å². The molecule has 1 aromatic carbocycles. The van der Waals surface area contributed by atoms with E-state index in [1.165, 1.54) is 7.11 Å². The number of piperidine rings is 1. The Bertz CT molecular complexity index is 724. The van der Waals surface area contributed by atoms with Crippen LogP contribution in [0.3, 0.4) is 0 Å². The zero-order chi connectivity index (χ0) is 18.5. The molecule has 1 atom stereocenters. The van der Waals surface area contributed by atoms with Gasteiger partial charge in [0.15, 0.2) is 11.5 Å². The number of hydrogen-bond acceptors (Lipinski definition) is 5. The average molecular weight is 359 g/mol. The van der Waals surface area contributed by atoms with E-state index in [1.54, 1.807) is 31.5 Å². The SMILES string of the molecule is COc1cccc(C(C(=O)O)N2CCC(Cn3cccn3)CC2)c1OC. The minimum atomic E-state index is -0.873. The third-order valence-corrected chi connectivity index (χ3v) is 4.98. The van der Waals surface area contributed by atoms with Gasteiger partial charge in [-0.2, -0.15) is 5.10 Å². The summed E-state index contributed by atoms with van der Waals surface area (Å²) in [4.78, 5) is 14.1. The van der Waals surface area contributed by atoms with Gasteiger partial charge in [-0.3, -0.25) is 14.4 Å². The lowest BCUT2D eigenvalue weighted by Crippen LogP contribution is -2.41. The van der Waals surface area contributed by atoms with Crippen LogP contribution in [0.15, 0.2) is 36.7 Å². The molecule has 0 aliphatic carbocycles. The van der Waals surface area contributed by atoms with E-state index in [9.17, 15) is 9.90 Å². The van der Waals surface area contributed by atoms with E-state index in [2.05, 4.69) is 5.10 Å². The summed E-state index contributed by atoms with van der Waals surface area (Å²) in [5, 5.41) is 14.1. The highest BCUT2D eigenvalue weighted by Gasteiger charge is 2.33. The van der Waals surface area contributed by atoms with Crippen molar-refractivity contribution in [1.29, 1.82) is 0 Å². The summed E-state index contributed by atoms with van der Waals surface area (Å²) in [6, 6.07) is 6.56. The summed E-state index contributed by atoms with van der Waals surface area (Å²) in [5.74, 6) is 0.667. The minimum absolute atomic E-state index is 0.487. The maximum absolute atomic E-state index is 12.1. The molecule has 7 nitrogen and oxygen atoms in total. The maximum Gasteiger partial charge on any atom is 0.325 e. The van der Waals surface area contributed by atoms with E-state index in [1.807, 2.05) is 21.8 Å². The van der Waals surface area contributed by atoms with Crippen molar-refractivity contribution in [1.82, 2.24) is 14.7 Å². The maximum atomic E-state index is 12.1. The first kappa shape index (κ1) is 18.3. The zero-order valence-electron chi connectivity index (χ0n) is 15.2. The number of aromatic nitrogens is 2. The minimum Gasteiger partial charge on any atom is -0.493 e. The molecule has 0 radical (unpaired) electrons. The van der Waals surface area contributed by atoms with Crippen LogP contribution >= 0.6 is 0 Å². The van der Waals surface area contributed by atoms with Crippen molar-refractivity contribution in [3.63, 3.8) is 0 Å². The topological polar surface area (TPSA) is 76.8 Å². The normalized spacial score (nSPS) is 17.0. The second kappa shape index (κ2) is 8.23. The summed E-state index contributed by atoms with van der Waals surface area (Å²) in [6.45, 7) is 2.33. The van der Waals surface area contributed by atoms with Crippen molar-refractivity contribution in [2.24, 2.45) is 5.92 Å². The average Bonchev–Trinajstić information content (AvgIpc) is 3.15. The standard InChI is InChI=1S/C19H25N3O4/c1-25-16-6-3-5-15(18(16)26-2)17(19(23)24)21-11-7-14(8-12-21)13-22-10-4-9-20-22/h3-6,9-10,14,17H,7-8,11-13H2,1-2H3,(H,23,24). The predicted octanol–water partition coefficient (Wildman–Crippen LogP) is 2.44. The van der Waals surface area contributed by atoms with Gasteiger partial charge in [-0.25, -0.2) is 0 Å². The van der Waals surface area contributed by atoms with Crippen LogP contribution in [0.2, 0.25) is 0 Å². The second-order valence-corrected chi connectivity index (χ2v) is 6.53. The molecule has 1 aliphatic heterocycles. The lowest BCUT2D eigenvalue weighted by Gasteiger charge is -2.36. The Hall–Kier alpha value is -2.54. The van der Waals surface area contributed by atoms with Crippen LogP contribution < -0.4 is 9.47 Å². The molecule has 7 heteroatoms. The number of ether oxygens (including phenoxy) is 2. The summed E-state index contributed by atoms with van der Waals surface area (Å²) < 4.78 is 12.7. The van der Waals surface area contributed by atoms with Crippen LogP contribution in [0.5, 0.6) is 11.5 Å². The molecule has 0 amide bonds. The van der Waals surface area contributed by atoms with Gasteiger partial charge in [-0.05, 0) is 44.0 Å². The number of carboxylic acids is 1. The second-order valence-electron chi connectivity index (χ2n) is 6.53. The summed E-state index contributed by atoms with van der Waals surface area (Å²) in [7, 11) is 3.09. The van der Waals surface area contributed by atoms with Gasteiger partial charge in [0.1, 0.15) is 6.04 Å². The van der Waals surface area contributed by atoms with Gasteiger partial charge >= 0.3 is 5.97 Å². The molecule has 2 heterocycles. The fraction of sp³-hybridized carbons (Fsp3) is 0.474. The Labute approximate surface area is 153 Å². The molecule has 1 aliphatic rings. The lowest BCUT2D eigenvalue weighted by atomic mass is 9.93. The number of likely N-dealkylation sites (tertiary alicyclic amines) is 1. The summed E-state index contributed by atoms with van der Waals surface area (Å²) in [5.41, 5.74) is 0.630. The van der Waals surface area contributed by atoms with Crippen molar-refractivity contribution < 1.29 is 19.4 Å². The molecule has 140 valence electrons. The predicted molar refractivity (Wildman–Crippen MR) is 96.4 cm³/mol. The highest BCUT2D eigenvalue weighted by Crippen LogP contribution is 2.38. The fourth-order valence-electron chi connectivity index (χ4n) is 3.68. The zero-order valence-corrected chi connectivity index (χ0v) is 15.2. The van der Waals surface area contributed by atoms with Gasteiger partial charge in [-0.15, -0.1) is 0 Å². The van der Waals surface area contributed by atoms with Gasteiger partial charge < -0.3 is 14.6 Å². The Kier molecular flexibility index (Phi) is 5.78. The molecule has 1 aromatic heterocycles. The quantitative estimate of drug-likeness (QED) is 0.818. The van der Waals surface area contributed by atoms with Crippen LogP contribution in [0.1, 0.15) is 24.4 Å². The first-order valence-corrected chi connectivity index (χ1v) is 8.79. The molecule has 3 rings (SSSR count). The molecule has 1 N–H and O–H groups in total. The third-order valence-electron chi connectivity index (χ3n) is 4.98. The summed E-state index contributed by atoms with van der Waals surface area (Å²) in [6.07, 6.45) is 5.63. The van der Waals surface area contributed by atoms with Gasteiger partial charge in [0, 0.05) is 24.5 Å². The van der Waals surface area contributed by atoms with Crippen LogP contribution in [0.25, 0.3) is 0 Å². The molecule has 26 heavy (non-hydrogen) atoms. The van der Waals surface area contributed by atoms with Crippen molar-refractivity contribution >= 4 is 5.97 Å². The number of carboxylic acid groups (broad SMARTS) is 1. The highest BCUT2D eigenvalue weighted by molar-refractivity contribution is 5.77. The van der Waals surface area contributed by atoms with Gasteiger partial charge in [-0.1, -0.05) is 12.1 Å². The molecular weight excluding hydrogens is 334 g/mol. The smallest absolute Gasteiger partial charge is 0.325 e. The third kappa shape index (κ3) is 3.83. The van der Waals surface area contributed by atoms with E-state index in [0.29, 0.717) is 23.0 Å². The van der Waals surface area contributed by atoms with Crippen molar-refractivity contribution in [2.45, 2.75) is 25.4 Å². The number of rotatable bonds is 7. The van der Waals surface area contributed by atoms with E-state index < -0.39 is 12.0 Å². The Morgan fingerprint density at radius 1 is 1.27 bits per heavy atom. The summed E-state index contributed by atoms with van der Waals surface area (Å²) >= 11 is 0. The fourth-order valence-corrected chi connectivity index (χ4v) is 3.68. The Morgan fingerprint density at radius 2 is 2.04 bits per heavy atom. The number of carbonyl (C=O) groups is 1. The number of methoxy groups -OCH3 is 2. The number of hydrogen-bond donors (Lipinski definition) is 1. The van der Waals surface area contributed by atoms with Gasteiger partial charge in [0.2, 0.25) is 0 Å². The molecule has 0 spiro atoms. The van der Waals surface area contributed by atoms with Crippen LogP contribution in [-0.2, 0) is 11.3 Å². The lowest BCUT2D eigenvalue weighted by molar-refractivity contribution is -0.144. The van der Waals surface area contributed by atoms with Crippen molar-refractivity contribution in [3.05, 3.63) is 42.2 Å². The molecule has 0 bridgehead atoms. The van der Waals surface area contributed by atoms with Gasteiger partial charge in [0.25, 0.3) is 0 Å². The number of benzene rings is 1. The monoisotopic (exact) mass is 359 g/mol.